The summed E-state index contributed by atoms with van der Waals surface area (Å²) in [6.45, 7) is 2.13. The number of hydrogen-bond acceptors (Lipinski definition) is 6. The lowest BCUT2D eigenvalue weighted by Gasteiger charge is -2.11. The molecule has 1 fully saturated rings. The Morgan fingerprint density at radius 2 is 2.24 bits per heavy atom. The summed E-state index contributed by atoms with van der Waals surface area (Å²) >= 11 is 6.63. The third kappa shape index (κ3) is 5.06. The van der Waals surface area contributed by atoms with Crippen molar-refractivity contribution in [3.63, 3.8) is 0 Å². The molecule has 7 heteroatoms. The van der Waals surface area contributed by atoms with Crippen LogP contribution in [0.3, 0.4) is 0 Å². The third-order valence-corrected chi connectivity index (χ3v) is 3.66. The molecule has 96 valence electrons. The lowest BCUT2D eigenvalue weighted by atomic mass is 10.2. The van der Waals surface area contributed by atoms with E-state index in [0.29, 0.717) is 6.42 Å². The summed E-state index contributed by atoms with van der Waals surface area (Å²) in [7, 11) is 0. The number of rotatable bonds is 4. The Labute approximate surface area is 109 Å². The van der Waals surface area contributed by atoms with Crippen LogP contribution < -0.4 is 5.32 Å². The highest BCUT2D eigenvalue weighted by molar-refractivity contribution is 8.13. The Kier molecular flexibility index (Phi) is 5.94. The number of nitrogens with one attached hydrogen (secondary N) is 1. The molecule has 0 radical (unpaired) electrons. The number of ether oxygens (including phenoxy) is 1. The molecule has 1 aliphatic heterocycles. The molecule has 5 nitrogen and oxygen atoms in total. The van der Waals surface area contributed by atoms with Crippen LogP contribution in [0.2, 0.25) is 0 Å². The van der Waals surface area contributed by atoms with Gasteiger partial charge in [0.15, 0.2) is 5.12 Å². The van der Waals surface area contributed by atoms with Gasteiger partial charge in [-0.05, 0) is 19.4 Å². The Morgan fingerprint density at radius 3 is 2.76 bits per heavy atom. The molecule has 1 saturated heterocycles. The number of esters is 2. The van der Waals surface area contributed by atoms with E-state index < -0.39 is 23.4 Å². The van der Waals surface area contributed by atoms with Gasteiger partial charge >= 0.3 is 11.9 Å². The maximum Gasteiger partial charge on any atom is 0.332 e. The predicted octanol–water partition coefficient (Wildman–Crippen LogP) is 0.695. The van der Waals surface area contributed by atoms with E-state index in [1.807, 2.05) is 0 Å². The van der Waals surface area contributed by atoms with Gasteiger partial charge in [0, 0.05) is 12.7 Å². The van der Waals surface area contributed by atoms with Crippen molar-refractivity contribution in [2.75, 3.05) is 12.3 Å². The molecule has 1 heterocycles. The fourth-order valence-corrected chi connectivity index (χ4v) is 2.13. The van der Waals surface area contributed by atoms with Crippen molar-refractivity contribution in [2.45, 2.75) is 31.2 Å². The Hall–Kier alpha value is -0.590. The number of carbonyl (C=O) groups excluding carboxylic acids is 3. The number of hydrogen-bond donors (Lipinski definition) is 1. The topological polar surface area (TPSA) is 72.5 Å². The number of thioether (sulfide) groups is 1. The summed E-state index contributed by atoms with van der Waals surface area (Å²) in [6.07, 6.45) is 1.56. The van der Waals surface area contributed by atoms with Crippen molar-refractivity contribution < 1.29 is 19.1 Å². The van der Waals surface area contributed by atoms with Gasteiger partial charge in [-0.2, -0.15) is 0 Å². The first kappa shape index (κ1) is 14.5. The average Bonchev–Trinajstić information content (AvgIpc) is 2.78. The summed E-state index contributed by atoms with van der Waals surface area (Å²) in [4.78, 5) is 33.5. The summed E-state index contributed by atoms with van der Waals surface area (Å²) in [5.41, 5.74) is 0. The van der Waals surface area contributed by atoms with Crippen LogP contribution in [0.4, 0.5) is 0 Å². The van der Waals surface area contributed by atoms with Gasteiger partial charge in [0.05, 0.1) is 0 Å². The van der Waals surface area contributed by atoms with Gasteiger partial charge in [-0.15, -0.1) is 11.6 Å². The molecule has 0 saturated carbocycles. The van der Waals surface area contributed by atoms with E-state index in [4.69, 9.17) is 11.6 Å². The SMILES string of the molecule is CC(=O)SCC(Cl)C(=O)OC(=O)[C@@H]1CCCN1. The van der Waals surface area contributed by atoms with Gasteiger partial charge in [0.1, 0.15) is 11.4 Å². The lowest BCUT2D eigenvalue weighted by Crippen LogP contribution is -2.36. The summed E-state index contributed by atoms with van der Waals surface area (Å²) in [6, 6.07) is -0.414. The van der Waals surface area contributed by atoms with Crippen LogP contribution >= 0.6 is 23.4 Å². The average molecular weight is 280 g/mol. The van der Waals surface area contributed by atoms with Crippen LogP contribution in [-0.4, -0.2) is 40.8 Å². The van der Waals surface area contributed by atoms with E-state index in [1.165, 1.54) is 6.92 Å². The highest BCUT2D eigenvalue weighted by atomic mass is 35.5. The van der Waals surface area contributed by atoms with Gasteiger partial charge in [-0.25, -0.2) is 9.59 Å². The smallest absolute Gasteiger partial charge is 0.332 e. The van der Waals surface area contributed by atoms with Crippen LogP contribution in [0.25, 0.3) is 0 Å². The van der Waals surface area contributed by atoms with E-state index >= 15 is 0 Å². The molecule has 2 atom stereocenters. The van der Waals surface area contributed by atoms with E-state index in [-0.39, 0.29) is 10.9 Å². The maximum atomic E-state index is 11.5. The van der Waals surface area contributed by atoms with Crippen LogP contribution in [0.1, 0.15) is 19.8 Å². The van der Waals surface area contributed by atoms with Crippen LogP contribution in [0, 0.1) is 0 Å². The molecule has 0 aromatic carbocycles. The second-order valence-electron chi connectivity index (χ2n) is 3.66. The van der Waals surface area contributed by atoms with Crippen molar-refractivity contribution in [1.29, 1.82) is 0 Å². The predicted molar refractivity (Wildman–Crippen MR) is 64.9 cm³/mol. The van der Waals surface area contributed by atoms with Gasteiger partial charge in [0.25, 0.3) is 0 Å². The molecule has 1 unspecified atom stereocenters. The standard InChI is InChI=1S/C10H14ClNO4S/c1-6(13)17-5-7(11)9(14)16-10(15)8-3-2-4-12-8/h7-8,12H,2-5H2,1H3/t7?,8-/m0/s1. The minimum absolute atomic E-state index is 0.112. The van der Waals surface area contributed by atoms with Gasteiger partial charge in [-0.3, -0.25) is 4.79 Å². The molecular formula is C10H14ClNO4S. The van der Waals surface area contributed by atoms with E-state index in [1.54, 1.807) is 0 Å². The van der Waals surface area contributed by atoms with Crippen LogP contribution in [-0.2, 0) is 19.1 Å². The molecule has 0 aliphatic carbocycles. The lowest BCUT2D eigenvalue weighted by molar-refractivity contribution is -0.160. The van der Waals surface area contributed by atoms with Gasteiger partial charge in [-0.1, -0.05) is 11.8 Å². The monoisotopic (exact) mass is 279 g/mol. The fraction of sp³-hybridized carbons (Fsp3) is 0.700. The quantitative estimate of drug-likeness (QED) is 0.464. The Balaban J connectivity index is 2.31. The van der Waals surface area contributed by atoms with Crippen molar-refractivity contribution in [3.8, 4) is 0 Å². The highest BCUT2D eigenvalue weighted by Crippen LogP contribution is 2.12. The van der Waals surface area contributed by atoms with E-state index in [0.717, 1.165) is 24.7 Å². The van der Waals surface area contributed by atoms with Crippen molar-refractivity contribution in [3.05, 3.63) is 0 Å². The molecule has 0 aromatic heterocycles. The second-order valence-corrected chi connectivity index (χ2v) is 5.38. The first-order valence-electron chi connectivity index (χ1n) is 5.27. The van der Waals surface area contributed by atoms with Crippen molar-refractivity contribution in [2.24, 2.45) is 0 Å². The van der Waals surface area contributed by atoms with Gasteiger partial charge < -0.3 is 10.1 Å². The zero-order valence-corrected chi connectivity index (χ0v) is 11.0. The Bertz CT molecular complexity index is 317. The first-order chi connectivity index (χ1) is 8.00. The molecule has 0 bridgehead atoms. The Morgan fingerprint density at radius 1 is 1.53 bits per heavy atom. The van der Waals surface area contributed by atoms with E-state index in [2.05, 4.69) is 10.1 Å². The minimum atomic E-state index is -0.978. The van der Waals surface area contributed by atoms with E-state index in [9.17, 15) is 14.4 Å². The summed E-state index contributed by atoms with van der Waals surface area (Å²) in [5, 5.41) is 1.81. The molecule has 0 aromatic rings. The molecule has 1 aliphatic rings. The van der Waals surface area contributed by atoms with Crippen LogP contribution in [0.15, 0.2) is 0 Å². The number of halogens is 1. The number of alkyl halides is 1. The number of carbonyl (C=O) groups is 3. The largest absolute Gasteiger partial charge is 0.391 e. The molecule has 1 N–H and O–H groups in total. The normalized spacial score (nSPS) is 20.9. The fourth-order valence-electron chi connectivity index (χ4n) is 1.38. The maximum absolute atomic E-state index is 11.5. The minimum Gasteiger partial charge on any atom is -0.391 e. The van der Waals surface area contributed by atoms with Crippen LogP contribution in [0.5, 0.6) is 0 Å². The summed E-state index contributed by atoms with van der Waals surface area (Å²) in [5.74, 6) is -1.27. The molecule has 1 rings (SSSR count). The zero-order valence-electron chi connectivity index (χ0n) is 9.40. The van der Waals surface area contributed by atoms with Crippen molar-refractivity contribution >= 4 is 40.4 Å². The third-order valence-electron chi connectivity index (χ3n) is 2.23. The molecule has 17 heavy (non-hydrogen) atoms. The van der Waals surface area contributed by atoms with Gasteiger partial charge in [0.2, 0.25) is 0 Å². The highest BCUT2D eigenvalue weighted by Gasteiger charge is 2.28. The van der Waals surface area contributed by atoms with Crippen molar-refractivity contribution in [1.82, 2.24) is 5.32 Å². The second kappa shape index (κ2) is 6.98. The zero-order chi connectivity index (χ0) is 12.8. The first-order valence-corrected chi connectivity index (χ1v) is 6.69. The molecule has 0 spiro atoms. The molecule has 0 amide bonds. The summed E-state index contributed by atoms with van der Waals surface area (Å²) < 4.78 is 4.63. The molecular weight excluding hydrogens is 266 g/mol.